The normalized spacial score (nSPS) is 10.3. The summed E-state index contributed by atoms with van der Waals surface area (Å²) in [6.45, 7) is 0.423. The van der Waals surface area contributed by atoms with Gasteiger partial charge in [0.2, 0.25) is 5.91 Å². The number of hydrogen-bond donors (Lipinski definition) is 2. The summed E-state index contributed by atoms with van der Waals surface area (Å²) in [5.74, 6) is -0.429. The molecule has 3 aromatic carbocycles. The summed E-state index contributed by atoms with van der Waals surface area (Å²) in [4.78, 5) is 24.9. The van der Waals surface area contributed by atoms with Gasteiger partial charge >= 0.3 is 0 Å². The molecule has 0 aliphatic heterocycles. The molecule has 0 unspecified atom stereocenters. The Morgan fingerprint density at radius 3 is 2.19 bits per heavy atom. The molecule has 3 rings (SSSR count). The highest BCUT2D eigenvalue weighted by Gasteiger charge is 2.13. The predicted molar refractivity (Wildman–Crippen MR) is 108 cm³/mol. The maximum absolute atomic E-state index is 12.5. The van der Waals surface area contributed by atoms with Crippen LogP contribution in [-0.4, -0.2) is 11.8 Å². The predicted octanol–water partition coefficient (Wildman–Crippen LogP) is 4.45. The summed E-state index contributed by atoms with van der Waals surface area (Å²) in [7, 11) is 0. The van der Waals surface area contributed by atoms with E-state index in [0.717, 1.165) is 11.1 Å². The van der Waals surface area contributed by atoms with Crippen LogP contribution in [0.25, 0.3) is 0 Å². The number of benzene rings is 3. The van der Waals surface area contributed by atoms with Gasteiger partial charge < -0.3 is 10.6 Å². The molecular weight excluding hydrogens is 360 g/mol. The van der Waals surface area contributed by atoms with E-state index in [0.29, 0.717) is 22.8 Å². The van der Waals surface area contributed by atoms with Crippen molar-refractivity contribution in [2.24, 2.45) is 0 Å². The molecule has 3 aromatic rings. The molecule has 0 heterocycles. The van der Waals surface area contributed by atoms with Gasteiger partial charge in [0.25, 0.3) is 5.91 Å². The molecule has 0 aromatic heterocycles. The van der Waals surface area contributed by atoms with Crippen LogP contribution < -0.4 is 10.6 Å². The van der Waals surface area contributed by atoms with Crippen molar-refractivity contribution in [2.75, 3.05) is 5.32 Å². The average Bonchev–Trinajstić information content (AvgIpc) is 2.69. The van der Waals surface area contributed by atoms with Crippen LogP contribution in [0, 0.1) is 0 Å². The van der Waals surface area contributed by atoms with Crippen molar-refractivity contribution >= 4 is 29.1 Å². The number of para-hydroxylation sites is 1. The molecule has 0 radical (unpaired) electrons. The summed E-state index contributed by atoms with van der Waals surface area (Å²) in [5, 5.41) is 6.32. The molecular formula is C22H19ClN2O2. The Hall–Kier alpha value is -3.11. The maximum Gasteiger partial charge on any atom is 0.253 e. The van der Waals surface area contributed by atoms with Gasteiger partial charge in [-0.25, -0.2) is 0 Å². The highest BCUT2D eigenvalue weighted by molar-refractivity contribution is 6.30. The van der Waals surface area contributed by atoms with Gasteiger partial charge in [0, 0.05) is 11.6 Å². The first-order chi connectivity index (χ1) is 13.1. The molecule has 4 nitrogen and oxygen atoms in total. The van der Waals surface area contributed by atoms with Crippen molar-refractivity contribution in [2.45, 2.75) is 13.0 Å². The summed E-state index contributed by atoms with van der Waals surface area (Å²) < 4.78 is 0. The lowest BCUT2D eigenvalue weighted by atomic mass is 10.1. The fourth-order valence-corrected chi connectivity index (χ4v) is 2.77. The van der Waals surface area contributed by atoms with Crippen LogP contribution in [-0.2, 0) is 17.8 Å². The minimum absolute atomic E-state index is 0.194. The maximum atomic E-state index is 12.5. The fraction of sp³-hybridized carbons (Fsp3) is 0.0909. The first kappa shape index (κ1) is 18.7. The first-order valence-electron chi connectivity index (χ1n) is 8.57. The molecule has 0 aliphatic carbocycles. The molecule has 0 saturated carbocycles. The Balaban J connectivity index is 1.65. The van der Waals surface area contributed by atoms with Crippen LogP contribution in [0.3, 0.4) is 0 Å². The van der Waals surface area contributed by atoms with Gasteiger partial charge in [-0.3, -0.25) is 9.59 Å². The number of amides is 2. The fourth-order valence-electron chi connectivity index (χ4n) is 2.65. The lowest BCUT2D eigenvalue weighted by Gasteiger charge is -2.12. The smallest absolute Gasteiger partial charge is 0.253 e. The van der Waals surface area contributed by atoms with E-state index in [1.165, 1.54) is 0 Å². The zero-order valence-electron chi connectivity index (χ0n) is 14.6. The minimum Gasteiger partial charge on any atom is -0.348 e. The summed E-state index contributed by atoms with van der Waals surface area (Å²) >= 11 is 5.86. The molecule has 0 bridgehead atoms. The SMILES string of the molecule is O=C(Cc1ccc(Cl)cc1)Nc1ccccc1C(=O)NCc1ccccc1. The first-order valence-corrected chi connectivity index (χ1v) is 8.95. The molecule has 136 valence electrons. The van der Waals surface area contributed by atoms with Crippen LogP contribution in [0.4, 0.5) is 5.69 Å². The molecule has 5 heteroatoms. The Morgan fingerprint density at radius 2 is 1.44 bits per heavy atom. The van der Waals surface area contributed by atoms with Crippen molar-refractivity contribution in [1.82, 2.24) is 5.32 Å². The number of halogens is 1. The van der Waals surface area contributed by atoms with E-state index in [1.807, 2.05) is 30.3 Å². The van der Waals surface area contributed by atoms with E-state index in [1.54, 1.807) is 48.5 Å². The molecule has 2 N–H and O–H groups in total. The Labute approximate surface area is 163 Å². The van der Waals surface area contributed by atoms with E-state index in [2.05, 4.69) is 10.6 Å². The topological polar surface area (TPSA) is 58.2 Å². The second kappa shape index (κ2) is 9.01. The van der Waals surface area contributed by atoms with Gasteiger partial charge in [-0.2, -0.15) is 0 Å². The Morgan fingerprint density at radius 1 is 0.778 bits per heavy atom. The average molecular weight is 379 g/mol. The van der Waals surface area contributed by atoms with Gasteiger partial charge in [0.1, 0.15) is 0 Å². The number of carbonyl (C=O) groups excluding carboxylic acids is 2. The largest absolute Gasteiger partial charge is 0.348 e. The third-order valence-corrected chi connectivity index (χ3v) is 4.27. The Bertz CT molecular complexity index is 925. The monoisotopic (exact) mass is 378 g/mol. The molecule has 0 fully saturated rings. The standard InChI is InChI=1S/C22H19ClN2O2/c23-18-12-10-16(11-13-18)14-21(26)25-20-9-5-4-8-19(20)22(27)24-15-17-6-2-1-3-7-17/h1-13H,14-15H2,(H,24,27)(H,25,26). The van der Waals surface area contributed by atoms with Crippen LogP contribution in [0.1, 0.15) is 21.5 Å². The summed E-state index contributed by atoms with van der Waals surface area (Å²) in [6, 6.07) is 23.7. The van der Waals surface area contributed by atoms with E-state index in [9.17, 15) is 9.59 Å². The third-order valence-electron chi connectivity index (χ3n) is 4.02. The zero-order chi connectivity index (χ0) is 19.1. The van der Waals surface area contributed by atoms with Crippen LogP contribution in [0.15, 0.2) is 78.9 Å². The summed E-state index contributed by atoms with van der Waals surface area (Å²) in [6.07, 6.45) is 0.205. The molecule has 0 saturated heterocycles. The Kier molecular flexibility index (Phi) is 6.23. The summed E-state index contributed by atoms with van der Waals surface area (Å²) in [5.41, 5.74) is 2.78. The molecule has 0 atom stereocenters. The minimum atomic E-state index is -0.235. The highest BCUT2D eigenvalue weighted by atomic mass is 35.5. The van der Waals surface area contributed by atoms with Crippen molar-refractivity contribution in [3.8, 4) is 0 Å². The van der Waals surface area contributed by atoms with Gasteiger partial charge in [0.05, 0.1) is 17.7 Å². The highest BCUT2D eigenvalue weighted by Crippen LogP contribution is 2.16. The van der Waals surface area contributed by atoms with Crippen LogP contribution >= 0.6 is 11.6 Å². The van der Waals surface area contributed by atoms with E-state index < -0.39 is 0 Å². The lowest BCUT2D eigenvalue weighted by Crippen LogP contribution is -2.25. The lowest BCUT2D eigenvalue weighted by molar-refractivity contribution is -0.115. The van der Waals surface area contributed by atoms with E-state index in [-0.39, 0.29) is 18.2 Å². The van der Waals surface area contributed by atoms with Gasteiger partial charge in [-0.1, -0.05) is 66.2 Å². The van der Waals surface area contributed by atoms with Gasteiger partial charge in [0.15, 0.2) is 0 Å². The molecule has 27 heavy (non-hydrogen) atoms. The van der Waals surface area contributed by atoms with E-state index >= 15 is 0 Å². The third kappa shape index (κ3) is 5.43. The van der Waals surface area contributed by atoms with Crippen LogP contribution in [0.2, 0.25) is 5.02 Å². The number of carbonyl (C=O) groups is 2. The van der Waals surface area contributed by atoms with Gasteiger partial charge in [-0.05, 0) is 35.4 Å². The van der Waals surface area contributed by atoms with Crippen LogP contribution in [0.5, 0.6) is 0 Å². The number of rotatable bonds is 6. The zero-order valence-corrected chi connectivity index (χ0v) is 15.4. The number of anilines is 1. The van der Waals surface area contributed by atoms with Crippen molar-refractivity contribution in [3.05, 3.63) is 101 Å². The van der Waals surface area contributed by atoms with Crippen molar-refractivity contribution in [1.29, 1.82) is 0 Å². The number of hydrogen-bond acceptors (Lipinski definition) is 2. The van der Waals surface area contributed by atoms with E-state index in [4.69, 9.17) is 11.6 Å². The second-order valence-electron chi connectivity index (χ2n) is 6.07. The second-order valence-corrected chi connectivity index (χ2v) is 6.50. The van der Waals surface area contributed by atoms with Gasteiger partial charge in [-0.15, -0.1) is 0 Å². The van der Waals surface area contributed by atoms with Crippen molar-refractivity contribution in [3.63, 3.8) is 0 Å². The molecule has 2 amide bonds. The molecule has 0 spiro atoms. The van der Waals surface area contributed by atoms with Crippen molar-refractivity contribution < 1.29 is 9.59 Å². The number of nitrogens with one attached hydrogen (secondary N) is 2. The quantitative estimate of drug-likeness (QED) is 0.665. The molecule has 0 aliphatic rings.